The number of thiol groups is 1. The van der Waals surface area contributed by atoms with E-state index in [9.17, 15) is 0 Å². The maximum absolute atomic E-state index is 4.21. The molecule has 1 rings (SSSR count). The maximum Gasteiger partial charge on any atom is 0.0346 e. The van der Waals surface area contributed by atoms with Gasteiger partial charge in [-0.3, -0.25) is 0 Å². The van der Waals surface area contributed by atoms with Crippen LogP contribution in [0.1, 0.15) is 24.2 Å². The van der Waals surface area contributed by atoms with Crippen LogP contribution >= 0.6 is 24.4 Å². The van der Waals surface area contributed by atoms with Crippen molar-refractivity contribution < 1.29 is 0 Å². The molecule has 0 N–H and O–H groups in total. The number of hydrogen-bond acceptors (Lipinski definition) is 2. The van der Waals surface area contributed by atoms with E-state index < -0.39 is 0 Å². The molecule has 0 saturated carbocycles. The fourth-order valence-electron chi connectivity index (χ4n) is 1.22. The Labute approximate surface area is 89.8 Å². The molecule has 0 radical (unpaired) electrons. The van der Waals surface area contributed by atoms with Crippen LogP contribution in [-0.2, 0) is 0 Å². The molecule has 70 valence electrons. The summed E-state index contributed by atoms with van der Waals surface area (Å²) in [6.07, 6.45) is 1.11. The van der Waals surface area contributed by atoms with Gasteiger partial charge in [0, 0.05) is 9.49 Å². The zero-order valence-corrected chi connectivity index (χ0v) is 9.44. The predicted molar refractivity (Wildman–Crippen MR) is 65.2 cm³/mol. The molecule has 13 heavy (non-hydrogen) atoms. The van der Waals surface area contributed by atoms with Crippen molar-refractivity contribution in [2.75, 3.05) is 0 Å². The summed E-state index contributed by atoms with van der Waals surface area (Å²) < 4.78 is 0.885. The first-order chi connectivity index (χ1) is 6.24. The summed E-state index contributed by atoms with van der Waals surface area (Å²) >= 11 is 5.93. The molecule has 0 aliphatic carbocycles. The largest absolute Gasteiger partial charge is 0.137 e. The van der Waals surface area contributed by atoms with Gasteiger partial charge in [-0.25, -0.2) is 0 Å². The van der Waals surface area contributed by atoms with Crippen LogP contribution in [0.25, 0.3) is 0 Å². The van der Waals surface area contributed by atoms with Crippen LogP contribution in [0.5, 0.6) is 0 Å². The van der Waals surface area contributed by atoms with Crippen molar-refractivity contribution in [3.63, 3.8) is 0 Å². The zero-order valence-electron chi connectivity index (χ0n) is 7.73. The van der Waals surface area contributed by atoms with E-state index in [0.717, 1.165) is 10.7 Å². The molecular weight excluding hydrogens is 196 g/mol. The van der Waals surface area contributed by atoms with Crippen LogP contribution in [0, 0.1) is 0 Å². The summed E-state index contributed by atoms with van der Waals surface area (Å²) in [6, 6.07) is 10.5. The monoisotopic (exact) mass is 210 g/mol. The Hall–Kier alpha value is -0.340. The molecule has 1 atom stereocenters. The molecule has 1 aromatic carbocycles. The molecule has 0 aliphatic rings. The van der Waals surface area contributed by atoms with E-state index in [2.05, 4.69) is 50.4 Å². The first-order valence-electron chi connectivity index (χ1n) is 4.33. The molecule has 1 unspecified atom stereocenters. The molecule has 0 spiro atoms. The minimum Gasteiger partial charge on any atom is -0.137 e. The average Bonchev–Trinajstić information content (AvgIpc) is 2.15. The van der Waals surface area contributed by atoms with Gasteiger partial charge in [-0.15, -0.1) is 24.4 Å². The molecule has 0 saturated heterocycles. The van der Waals surface area contributed by atoms with Gasteiger partial charge in [0.25, 0.3) is 0 Å². The van der Waals surface area contributed by atoms with Gasteiger partial charge in [0.1, 0.15) is 0 Å². The third-order valence-corrected chi connectivity index (χ3v) is 3.30. The second-order valence-electron chi connectivity index (χ2n) is 2.82. The molecule has 0 nitrogen and oxygen atoms in total. The molecule has 0 fully saturated rings. The zero-order chi connectivity index (χ0) is 9.68. The number of benzene rings is 1. The number of thioether (sulfide) groups is 1. The normalized spacial score (nSPS) is 12.5. The van der Waals surface area contributed by atoms with Gasteiger partial charge >= 0.3 is 0 Å². The van der Waals surface area contributed by atoms with E-state index in [4.69, 9.17) is 0 Å². The van der Waals surface area contributed by atoms with E-state index in [-0.39, 0.29) is 0 Å². The van der Waals surface area contributed by atoms with Gasteiger partial charge in [0.2, 0.25) is 0 Å². The number of rotatable bonds is 4. The third kappa shape index (κ3) is 3.49. The van der Waals surface area contributed by atoms with Gasteiger partial charge in [0.05, 0.1) is 0 Å². The summed E-state index contributed by atoms with van der Waals surface area (Å²) in [5.41, 5.74) is 1.35. The van der Waals surface area contributed by atoms with Crippen LogP contribution < -0.4 is 0 Å². The van der Waals surface area contributed by atoms with Crippen molar-refractivity contribution in [3.05, 3.63) is 46.7 Å². The fraction of sp³-hybridized carbons (Fsp3) is 0.273. The lowest BCUT2D eigenvalue weighted by Gasteiger charge is -2.13. The Morgan fingerprint density at radius 3 is 2.54 bits per heavy atom. The Morgan fingerprint density at radius 2 is 2.08 bits per heavy atom. The lowest BCUT2D eigenvalue weighted by molar-refractivity contribution is 0.899. The second kappa shape index (κ2) is 5.40. The van der Waals surface area contributed by atoms with E-state index in [1.54, 1.807) is 11.8 Å². The first-order valence-corrected chi connectivity index (χ1v) is 5.66. The van der Waals surface area contributed by atoms with Crippen molar-refractivity contribution >= 4 is 24.4 Å². The summed E-state index contributed by atoms with van der Waals surface area (Å²) in [5, 5.41) is 0.492. The highest BCUT2D eigenvalue weighted by Gasteiger charge is 2.09. The van der Waals surface area contributed by atoms with Crippen LogP contribution in [0.3, 0.4) is 0 Å². The topological polar surface area (TPSA) is 0 Å². The standard InChI is InChI=1S/C11H14S2/c1-3-11(13-9(2)12)10-7-5-4-6-8-10/h4-8,11-12H,2-3H2,1H3. The molecule has 2 heteroatoms. The highest BCUT2D eigenvalue weighted by Crippen LogP contribution is 2.37. The van der Waals surface area contributed by atoms with Crippen LogP contribution in [0.2, 0.25) is 0 Å². The first kappa shape index (κ1) is 10.7. The fourth-order valence-corrected chi connectivity index (χ4v) is 2.39. The number of hydrogen-bond donors (Lipinski definition) is 1. The Bertz CT molecular complexity index is 267. The predicted octanol–water partition coefficient (Wildman–Crippen LogP) is 4.27. The lowest BCUT2D eigenvalue weighted by atomic mass is 10.1. The minimum absolute atomic E-state index is 0.492. The van der Waals surface area contributed by atoms with E-state index in [1.807, 2.05) is 6.07 Å². The molecule has 0 amide bonds. The van der Waals surface area contributed by atoms with E-state index >= 15 is 0 Å². The SMILES string of the molecule is C=C(S)SC(CC)c1ccccc1. The van der Waals surface area contributed by atoms with Gasteiger partial charge in [-0.1, -0.05) is 43.8 Å². The minimum atomic E-state index is 0.492. The van der Waals surface area contributed by atoms with Crippen LogP contribution in [-0.4, -0.2) is 0 Å². The third-order valence-electron chi connectivity index (χ3n) is 1.82. The summed E-state index contributed by atoms with van der Waals surface area (Å²) in [6.45, 7) is 5.98. The quantitative estimate of drug-likeness (QED) is 0.724. The molecule has 0 bridgehead atoms. The van der Waals surface area contributed by atoms with E-state index in [1.165, 1.54) is 5.56 Å². The smallest absolute Gasteiger partial charge is 0.0346 e. The molecule has 0 heterocycles. The Kier molecular flexibility index (Phi) is 4.46. The van der Waals surface area contributed by atoms with Crippen molar-refractivity contribution in [1.29, 1.82) is 0 Å². The molecule has 0 aliphatic heterocycles. The highest BCUT2D eigenvalue weighted by atomic mass is 32.2. The Balaban J connectivity index is 2.73. The van der Waals surface area contributed by atoms with Crippen molar-refractivity contribution in [1.82, 2.24) is 0 Å². The average molecular weight is 210 g/mol. The highest BCUT2D eigenvalue weighted by molar-refractivity contribution is 8.15. The molecule has 0 aromatic heterocycles. The van der Waals surface area contributed by atoms with Crippen molar-refractivity contribution in [2.24, 2.45) is 0 Å². The second-order valence-corrected chi connectivity index (χ2v) is 4.96. The summed E-state index contributed by atoms with van der Waals surface area (Å²) in [4.78, 5) is 0. The van der Waals surface area contributed by atoms with Crippen LogP contribution in [0.4, 0.5) is 0 Å². The molecule has 1 aromatic rings. The van der Waals surface area contributed by atoms with Crippen molar-refractivity contribution in [2.45, 2.75) is 18.6 Å². The van der Waals surface area contributed by atoms with E-state index in [0.29, 0.717) is 5.25 Å². The Morgan fingerprint density at radius 1 is 1.46 bits per heavy atom. The summed E-state index contributed by atoms with van der Waals surface area (Å²) in [7, 11) is 0. The van der Waals surface area contributed by atoms with Gasteiger partial charge < -0.3 is 0 Å². The summed E-state index contributed by atoms with van der Waals surface area (Å²) in [5.74, 6) is 0. The van der Waals surface area contributed by atoms with Gasteiger partial charge in [-0.2, -0.15) is 0 Å². The van der Waals surface area contributed by atoms with Crippen LogP contribution in [0.15, 0.2) is 41.1 Å². The lowest BCUT2D eigenvalue weighted by Crippen LogP contribution is -1.90. The van der Waals surface area contributed by atoms with Gasteiger partial charge in [0.15, 0.2) is 0 Å². The van der Waals surface area contributed by atoms with Crippen molar-refractivity contribution in [3.8, 4) is 0 Å². The van der Waals surface area contributed by atoms with Gasteiger partial charge in [-0.05, 0) is 12.0 Å². The molecular formula is C11H14S2. The maximum atomic E-state index is 4.21.